The van der Waals surface area contributed by atoms with E-state index in [9.17, 15) is 31.1 Å². The zero-order valence-corrected chi connectivity index (χ0v) is 14.5. The summed E-state index contributed by atoms with van der Waals surface area (Å²) in [6, 6.07) is 6.58. The maximum atomic E-state index is 12.8. The second-order valence-electron chi connectivity index (χ2n) is 5.68. The first kappa shape index (κ1) is 21.4. The summed E-state index contributed by atoms with van der Waals surface area (Å²) >= 11 is 0. The molecule has 2 aromatic carbocycles. The van der Waals surface area contributed by atoms with E-state index in [1.807, 2.05) is 12.2 Å². The highest BCUT2D eigenvalue weighted by Gasteiger charge is 2.37. The summed E-state index contributed by atoms with van der Waals surface area (Å²) in [5.74, 6) is 0.624. The number of hydrogen-bond acceptors (Lipinski definition) is 2. The van der Waals surface area contributed by atoms with Crippen LogP contribution in [0, 0.1) is 0 Å². The Labute approximate surface area is 156 Å². The van der Waals surface area contributed by atoms with Gasteiger partial charge in [0.05, 0.1) is 17.7 Å². The smallest absolute Gasteiger partial charge is 0.416 e. The largest absolute Gasteiger partial charge is 0.494 e. The molecule has 0 spiro atoms. The number of benzene rings is 2. The van der Waals surface area contributed by atoms with Crippen LogP contribution in [0.3, 0.4) is 0 Å². The Morgan fingerprint density at radius 1 is 0.929 bits per heavy atom. The van der Waals surface area contributed by atoms with E-state index in [2.05, 4.69) is 5.32 Å². The molecule has 0 atom stereocenters. The summed E-state index contributed by atoms with van der Waals surface area (Å²) in [5.41, 5.74) is -2.97. The molecule has 4 nitrogen and oxygen atoms in total. The number of alkyl halides is 6. The van der Waals surface area contributed by atoms with Crippen molar-refractivity contribution in [3.8, 4) is 5.75 Å². The van der Waals surface area contributed by atoms with Gasteiger partial charge in [-0.1, -0.05) is 12.1 Å². The number of halogens is 6. The molecule has 28 heavy (non-hydrogen) atoms. The average Bonchev–Trinajstić information content (AvgIpc) is 2.59. The lowest BCUT2D eigenvalue weighted by Gasteiger charge is -2.15. The van der Waals surface area contributed by atoms with Gasteiger partial charge in [-0.3, -0.25) is 0 Å². The van der Waals surface area contributed by atoms with Crippen molar-refractivity contribution in [3.63, 3.8) is 0 Å². The lowest BCUT2D eigenvalue weighted by Crippen LogP contribution is -2.28. The van der Waals surface area contributed by atoms with E-state index in [-0.39, 0.29) is 12.6 Å². The number of anilines is 1. The number of carbonyl (C=O) groups is 1. The van der Waals surface area contributed by atoms with E-state index in [4.69, 9.17) is 4.74 Å². The molecule has 0 aliphatic heterocycles. The minimum atomic E-state index is -4.99. The van der Waals surface area contributed by atoms with Gasteiger partial charge in [0.1, 0.15) is 5.75 Å². The predicted octanol–water partition coefficient (Wildman–Crippen LogP) is 5.44. The Kier molecular flexibility index (Phi) is 6.42. The molecule has 0 aliphatic rings. The highest BCUT2D eigenvalue weighted by atomic mass is 19.4. The highest BCUT2D eigenvalue weighted by Crippen LogP contribution is 2.37. The Bertz CT molecular complexity index is 784. The molecule has 10 heteroatoms. The van der Waals surface area contributed by atoms with Crippen LogP contribution in [0.15, 0.2) is 42.5 Å². The molecule has 0 unspecified atom stereocenters. The van der Waals surface area contributed by atoms with Crippen molar-refractivity contribution in [1.82, 2.24) is 5.32 Å². The van der Waals surface area contributed by atoms with E-state index >= 15 is 0 Å². The van der Waals surface area contributed by atoms with Gasteiger partial charge < -0.3 is 15.4 Å². The van der Waals surface area contributed by atoms with Crippen LogP contribution >= 0.6 is 0 Å². The molecule has 0 radical (unpaired) electrons. The minimum absolute atomic E-state index is 0.0109. The van der Waals surface area contributed by atoms with E-state index in [1.54, 1.807) is 24.3 Å². The minimum Gasteiger partial charge on any atom is -0.494 e. The van der Waals surface area contributed by atoms with Gasteiger partial charge in [-0.25, -0.2) is 4.79 Å². The first-order chi connectivity index (χ1) is 13.0. The first-order valence-corrected chi connectivity index (χ1v) is 8.05. The SMILES string of the molecule is CCOc1ccc(CNC(=O)Nc2cc(C(F)(F)F)cc(C(F)(F)F)c2)cc1. The first-order valence-electron chi connectivity index (χ1n) is 8.05. The fourth-order valence-corrected chi connectivity index (χ4v) is 2.25. The van der Waals surface area contributed by atoms with Gasteiger partial charge in [0.2, 0.25) is 0 Å². The van der Waals surface area contributed by atoms with Gasteiger partial charge in [0, 0.05) is 12.2 Å². The molecule has 2 N–H and O–H groups in total. The van der Waals surface area contributed by atoms with Crippen LogP contribution in [0.25, 0.3) is 0 Å². The molecular weight excluding hydrogens is 390 g/mol. The number of hydrogen-bond donors (Lipinski definition) is 2. The van der Waals surface area contributed by atoms with Crippen molar-refractivity contribution in [3.05, 3.63) is 59.2 Å². The van der Waals surface area contributed by atoms with Crippen LogP contribution in [-0.2, 0) is 18.9 Å². The van der Waals surface area contributed by atoms with Gasteiger partial charge in [0.25, 0.3) is 0 Å². The number of rotatable bonds is 5. The molecule has 2 rings (SSSR count). The normalized spacial score (nSPS) is 11.8. The van der Waals surface area contributed by atoms with Crippen molar-refractivity contribution in [2.24, 2.45) is 0 Å². The van der Waals surface area contributed by atoms with E-state index < -0.39 is 35.2 Å². The fraction of sp³-hybridized carbons (Fsp3) is 0.278. The maximum absolute atomic E-state index is 12.8. The van der Waals surface area contributed by atoms with Crippen LogP contribution in [0.2, 0.25) is 0 Å². The summed E-state index contributed by atoms with van der Waals surface area (Å²) in [4.78, 5) is 11.9. The molecular formula is C18H16F6N2O2. The molecule has 0 aliphatic carbocycles. The maximum Gasteiger partial charge on any atom is 0.416 e. The van der Waals surface area contributed by atoms with Crippen LogP contribution in [-0.4, -0.2) is 12.6 Å². The zero-order chi connectivity index (χ0) is 20.9. The summed E-state index contributed by atoms with van der Waals surface area (Å²) in [6.07, 6.45) is -9.98. The van der Waals surface area contributed by atoms with E-state index in [0.29, 0.717) is 30.1 Å². The third-order valence-electron chi connectivity index (χ3n) is 3.53. The van der Waals surface area contributed by atoms with E-state index in [1.165, 1.54) is 0 Å². The lowest BCUT2D eigenvalue weighted by atomic mass is 10.1. The standard InChI is InChI=1S/C18H16F6N2O2/c1-2-28-15-5-3-11(4-6-15)10-25-16(27)26-14-8-12(17(19,20)21)7-13(9-14)18(22,23)24/h3-9H,2,10H2,1H3,(H2,25,26,27). The summed E-state index contributed by atoms with van der Waals surface area (Å²) in [7, 11) is 0. The molecule has 0 aromatic heterocycles. The number of carbonyl (C=O) groups excluding carboxylic acids is 1. The monoisotopic (exact) mass is 406 g/mol. The van der Waals surface area contributed by atoms with Gasteiger partial charge in [-0.15, -0.1) is 0 Å². The van der Waals surface area contributed by atoms with E-state index in [0.717, 1.165) is 0 Å². The van der Waals surface area contributed by atoms with Gasteiger partial charge in [-0.05, 0) is 42.8 Å². The molecule has 0 saturated heterocycles. The summed E-state index contributed by atoms with van der Waals surface area (Å²) < 4.78 is 82.2. The second-order valence-corrected chi connectivity index (χ2v) is 5.68. The molecule has 0 bridgehead atoms. The third-order valence-corrected chi connectivity index (χ3v) is 3.53. The molecule has 0 heterocycles. The zero-order valence-electron chi connectivity index (χ0n) is 14.5. The quantitative estimate of drug-likeness (QED) is 0.650. The van der Waals surface area contributed by atoms with Gasteiger partial charge in [-0.2, -0.15) is 26.3 Å². The van der Waals surface area contributed by atoms with Crippen molar-refractivity contribution < 1.29 is 35.9 Å². The Morgan fingerprint density at radius 2 is 1.46 bits per heavy atom. The predicted molar refractivity (Wildman–Crippen MR) is 89.9 cm³/mol. The number of urea groups is 1. The van der Waals surface area contributed by atoms with Crippen LogP contribution < -0.4 is 15.4 Å². The van der Waals surface area contributed by atoms with Crippen LogP contribution in [0.4, 0.5) is 36.8 Å². The molecule has 0 fully saturated rings. The van der Waals surface area contributed by atoms with Crippen molar-refractivity contribution >= 4 is 11.7 Å². The molecule has 2 aromatic rings. The number of ether oxygens (including phenoxy) is 1. The number of nitrogens with one attached hydrogen (secondary N) is 2. The topological polar surface area (TPSA) is 50.4 Å². The molecule has 0 saturated carbocycles. The third kappa shape index (κ3) is 6.07. The molecule has 152 valence electrons. The average molecular weight is 406 g/mol. The Hall–Kier alpha value is -2.91. The summed E-state index contributed by atoms with van der Waals surface area (Å²) in [5, 5.41) is 4.36. The van der Waals surface area contributed by atoms with Crippen molar-refractivity contribution in [2.45, 2.75) is 25.8 Å². The number of amides is 2. The van der Waals surface area contributed by atoms with Gasteiger partial charge in [0.15, 0.2) is 0 Å². The summed E-state index contributed by atoms with van der Waals surface area (Å²) in [6.45, 7) is 2.32. The second kappa shape index (κ2) is 8.41. The van der Waals surface area contributed by atoms with Crippen molar-refractivity contribution in [2.75, 3.05) is 11.9 Å². The fourth-order valence-electron chi connectivity index (χ4n) is 2.25. The lowest BCUT2D eigenvalue weighted by molar-refractivity contribution is -0.143. The van der Waals surface area contributed by atoms with Crippen LogP contribution in [0.1, 0.15) is 23.6 Å². The Morgan fingerprint density at radius 3 is 1.93 bits per heavy atom. The van der Waals surface area contributed by atoms with Crippen molar-refractivity contribution in [1.29, 1.82) is 0 Å². The highest BCUT2D eigenvalue weighted by molar-refractivity contribution is 5.89. The van der Waals surface area contributed by atoms with Crippen LogP contribution in [0.5, 0.6) is 5.75 Å². The molecule has 2 amide bonds. The van der Waals surface area contributed by atoms with Gasteiger partial charge >= 0.3 is 18.4 Å². The Balaban J connectivity index is 2.08.